The average molecular weight is 387 g/mol. The van der Waals surface area contributed by atoms with Gasteiger partial charge in [0.05, 0.1) is 13.2 Å². The van der Waals surface area contributed by atoms with Gasteiger partial charge in [0.2, 0.25) is 0 Å². The zero-order chi connectivity index (χ0) is 18.1. The van der Waals surface area contributed by atoms with Crippen LogP contribution in [0.25, 0.3) is 11.0 Å². The Bertz CT molecular complexity index is 954. The maximum Gasteiger partial charge on any atom is 0.290 e. The van der Waals surface area contributed by atoms with Crippen LogP contribution in [0.4, 0.5) is 0 Å². The van der Waals surface area contributed by atoms with E-state index < -0.39 is 0 Å². The van der Waals surface area contributed by atoms with E-state index in [0.29, 0.717) is 18.8 Å². The average Bonchev–Trinajstić information content (AvgIpc) is 3.04. The van der Waals surface area contributed by atoms with Crippen molar-refractivity contribution >= 4 is 29.3 Å². The summed E-state index contributed by atoms with van der Waals surface area (Å²) in [7, 11) is 1.66. The number of ether oxygens (including phenoxy) is 1. The number of piperazine rings is 1. The van der Waals surface area contributed by atoms with Gasteiger partial charge in [0, 0.05) is 36.1 Å². The molecule has 1 aliphatic rings. The molecule has 1 atom stereocenters. The van der Waals surface area contributed by atoms with Gasteiger partial charge in [-0.05, 0) is 19.1 Å². The quantitative estimate of drug-likeness (QED) is 0.740. The molecule has 0 aliphatic carbocycles. The van der Waals surface area contributed by atoms with Crippen LogP contribution < -0.4 is 10.1 Å². The normalized spacial score (nSPS) is 16.8. The van der Waals surface area contributed by atoms with Gasteiger partial charge in [0.25, 0.3) is 5.91 Å². The molecule has 1 saturated heterocycles. The van der Waals surface area contributed by atoms with E-state index in [4.69, 9.17) is 9.15 Å². The molecule has 2 heterocycles. The lowest BCUT2D eigenvalue weighted by molar-refractivity contribution is 0.0600. The number of aryl methyl sites for hydroxylation is 1. The minimum absolute atomic E-state index is 0. The number of methoxy groups -OCH3 is 1. The fourth-order valence-corrected chi connectivity index (χ4v) is 3.68. The Morgan fingerprint density at radius 3 is 2.70 bits per heavy atom. The fraction of sp³-hybridized carbons (Fsp3) is 0.286. The second-order valence-electron chi connectivity index (χ2n) is 6.51. The second kappa shape index (κ2) is 8.03. The number of amides is 1. The zero-order valence-electron chi connectivity index (χ0n) is 15.4. The van der Waals surface area contributed by atoms with Crippen LogP contribution in [-0.4, -0.2) is 37.6 Å². The predicted octanol–water partition coefficient (Wildman–Crippen LogP) is 3.96. The van der Waals surface area contributed by atoms with E-state index in [1.165, 1.54) is 0 Å². The van der Waals surface area contributed by atoms with Crippen molar-refractivity contribution in [1.82, 2.24) is 10.2 Å². The van der Waals surface area contributed by atoms with Crippen LogP contribution in [0.3, 0.4) is 0 Å². The molecule has 5 nitrogen and oxygen atoms in total. The van der Waals surface area contributed by atoms with Crippen molar-refractivity contribution in [2.75, 3.05) is 26.7 Å². The molecule has 1 amide bonds. The van der Waals surface area contributed by atoms with Crippen molar-refractivity contribution in [3.63, 3.8) is 0 Å². The highest BCUT2D eigenvalue weighted by molar-refractivity contribution is 5.99. The third-order valence-electron chi connectivity index (χ3n) is 5.04. The van der Waals surface area contributed by atoms with E-state index in [2.05, 4.69) is 5.32 Å². The van der Waals surface area contributed by atoms with E-state index in [1.54, 1.807) is 7.11 Å². The Balaban J connectivity index is 0.00000210. The number of carbonyl (C=O) groups excluding carboxylic acids is 1. The minimum atomic E-state index is -0.0972. The Kier molecular flexibility index (Phi) is 5.73. The maximum atomic E-state index is 13.3. The molecule has 6 heteroatoms. The van der Waals surface area contributed by atoms with Crippen LogP contribution >= 0.6 is 12.4 Å². The van der Waals surface area contributed by atoms with E-state index in [1.807, 2.05) is 60.4 Å². The summed E-state index contributed by atoms with van der Waals surface area (Å²) in [5.41, 5.74) is 2.64. The number of rotatable bonds is 3. The highest BCUT2D eigenvalue weighted by Crippen LogP contribution is 2.33. The van der Waals surface area contributed by atoms with Crippen LogP contribution in [0, 0.1) is 6.92 Å². The molecule has 142 valence electrons. The lowest BCUT2D eigenvalue weighted by Crippen LogP contribution is -2.48. The number of halogens is 1. The van der Waals surface area contributed by atoms with Gasteiger partial charge in [-0.2, -0.15) is 0 Å². The molecule has 1 aromatic heterocycles. The maximum absolute atomic E-state index is 13.3. The van der Waals surface area contributed by atoms with Gasteiger partial charge in [0.15, 0.2) is 5.76 Å². The molecule has 0 bridgehead atoms. The summed E-state index contributed by atoms with van der Waals surface area (Å²) < 4.78 is 11.4. The second-order valence-corrected chi connectivity index (χ2v) is 6.51. The number of carbonyl (C=O) groups is 1. The predicted molar refractivity (Wildman–Crippen MR) is 108 cm³/mol. The molecular weight excluding hydrogens is 364 g/mol. The van der Waals surface area contributed by atoms with Crippen molar-refractivity contribution in [3.8, 4) is 5.75 Å². The first kappa shape index (κ1) is 19.3. The Labute approximate surface area is 164 Å². The molecule has 4 rings (SSSR count). The number of fused-ring (bicyclic) bond motifs is 1. The summed E-state index contributed by atoms with van der Waals surface area (Å²) in [6, 6.07) is 15.5. The summed E-state index contributed by atoms with van der Waals surface area (Å²) >= 11 is 0. The summed E-state index contributed by atoms with van der Waals surface area (Å²) in [5, 5.41) is 4.37. The first-order chi connectivity index (χ1) is 12.7. The number of para-hydroxylation sites is 2. The third-order valence-corrected chi connectivity index (χ3v) is 5.04. The van der Waals surface area contributed by atoms with Crippen LogP contribution in [0.5, 0.6) is 5.75 Å². The molecule has 0 saturated carbocycles. The van der Waals surface area contributed by atoms with E-state index >= 15 is 0 Å². The summed E-state index contributed by atoms with van der Waals surface area (Å²) in [5.74, 6) is 1.14. The fourth-order valence-electron chi connectivity index (χ4n) is 3.68. The number of hydrogen-bond donors (Lipinski definition) is 1. The molecule has 1 aliphatic heterocycles. The monoisotopic (exact) mass is 386 g/mol. The SMILES string of the molecule is COc1ccccc1C1CNCCN1C(=O)c1oc2ccccc2c1C.Cl. The summed E-state index contributed by atoms with van der Waals surface area (Å²) in [4.78, 5) is 15.2. The molecule has 27 heavy (non-hydrogen) atoms. The van der Waals surface area contributed by atoms with Crippen LogP contribution in [0.1, 0.15) is 27.7 Å². The number of benzene rings is 2. The van der Waals surface area contributed by atoms with Gasteiger partial charge in [-0.3, -0.25) is 4.79 Å². The number of hydrogen-bond acceptors (Lipinski definition) is 4. The topological polar surface area (TPSA) is 54.7 Å². The van der Waals surface area contributed by atoms with Gasteiger partial charge < -0.3 is 19.4 Å². The molecular formula is C21H23ClN2O3. The third kappa shape index (κ3) is 3.40. The van der Waals surface area contributed by atoms with Crippen molar-refractivity contribution in [2.24, 2.45) is 0 Å². The highest BCUT2D eigenvalue weighted by Gasteiger charge is 2.33. The van der Waals surface area contributed by atoms with Crippen molar-refractivity contribution in [1.29, 1.82) is 0 Å². The first-order valence-corrected chi connectivity index (χ1v) is 8.83. The number of nitrogens with one attached hydrogen (secondary N) is 1. The molecule has 3 aromatic rings. The van der Waals surface area contributed by atoms with Crippen molar-refractivity contribution in [2.45, 2.75) is 13.0 Å². The Morgan fingerprint density at radius 1 is 1.19 bits per heavy atom. The number of furan rings is 1. The molecule has 2 aromatic carbocycles. The minimum Gasteiger partial charge on any atom is -0.496 e. The Hall–Kier alpha value is -2.50. The Morgan fingerprint density at radius 2 is 1.93 bits per heavy atom. The standard InChI is InChI=1S/C21H22N2O3.ClH/c1-14-15-7-3-6-10-19(15)26-20(14)21(24)23-12-11-22-13-17(23)16-8-4-5-9-18(16)25-2;/h3-10,17,22H,11-13H2,1-2H3;1H. The van der Waals surface area contributed by atoms with E-state index in [9.17, 15) is 4.79 Å². The van der Waals surface area contributed by atoms with E-state index in [0.717, 1.165) is 34.4 Å². The van der Waals surface area contributed by atoms with Gasteiger partial charge in [-0.15, -0.1) is 12.4 Å². The molecule has 1 N–H and O–H groups in total. The van der Waals surface area contributed by atoms with Gasteiger partial charge in [-0.25, -0.2) is 0 Å². The molecule has 1 fully saturated rings. The largest absolute Gasteiger partial charge is 0.496 e. The summed E-state index contributed by atoms with van der Waals surface area (Å²) in [6.45, 7) is 4.01. The van der Waals surface area contributed by atoms with E-state index in [-0.39, 0.29) is 24.4 Å². The number of nitrogens with zero attached hydrogens (tertiary/aromatic N) is 1. The molecule has 0 radical (unpaired) electrons. The van der Waals surface area contributed by atoms with Gasteiger partial charge in [0.1, 0.15) is 11.3 Å². The van der Waals surface area contributed by atoms with Crippen LogP contribution in [0.2, 0.25) is 0 Å². The highest BCUT2D eigenvalue weighted by atomic mass is 35.5. The smallest absolute Gasteiger partial charge is 0.290 e. The van der Waals surface area contributed by atoms with Gasteiger partial charge >= 0.3 is 0 Å². The van der Waals surface area contributed by atoms with Crippen LogP contribution in [0.15, 0.2) is 52.9 Å². The van der Waals surface area contributed by atoms with Gasteiger partial charge in [-0.1, -0.05) is 36.4 Å². The zero-order valence-corrected chi connectivity index (χ0v) is 16.2. The lowest BCUT2D eigenvalue weighted by atomic mass is 10.0. The van der Waals surface area contributed by atoms with Crippen molar-refractivity contribution < 1.29 is 13.9 Å². The lowest BCUT2D eigenvalue weighted by Gasteiger charge is -2.36. The van der Waals surface area contributed by atoms with Crippen LogP contribution in [-0.2, 0) is 0 Å². The van der Waals surface area contributed by atoms with Crippen molar-refractivity contribution in [3.05, 3.63) is 65.4 Å². The molecule has 0 spiro atoms. The first-order valence-electron chi connectivity index (χ1n) is 8.83. The summed E-state index contributed by atoms with van der Waals surface area (Å²) in [6.07, 6.45) is 0. The molecule has 1 unspecified atom stereocenters.